The van der Waals surface area contributed by atoms with Crippen molar-refractivity contribution in [3.8, 4) is 5.75 Å². The van der Waals surface area contributed by atoms with E-state index >= 15 is 0 Å². The number of nitrogens with zero attached hydrogens (tertiary/aromatic N) is 2. The van der Waals surface area contributed by atoms with Crippen molar-refractivity contribution in [3.63, 3.8) is 0 Å². The smallest absolute Gasteiger partial charge is 0.127 e. The van der Waals surface area contributed by atoms with E-state index in [1.165, 1.54) is 5.56 Å². The molecule has 132 valence electrons. The first kappa shape index (κ1) is 17.7. The highest BCUT2D eigenvalue weighted by Crippen LogP contribution is 2.21. The number of hydrogen-bond donors (Lipinski definition) is 1. The maximum atomic E-state index is 5.74. The lowest BCUT2D eigenvalue weighted by Crippen LogP contribution is -2.00. The molecule has 1 heterocycles. The van der Waals surface area contributed by atoms with Crippen LogP contribution in [0.4, 0.5) is 0 Å². The van der Waals surface area contributed by atoms with Gasteiger partial charge in [-0.1, -0.05) is 43.5 Å². The highest BCUT2D eigenvalue weighted by atomic mass is 16.5. The van der Waals surface area contributed by atoms with Gasteiger partial charge in [0.15, 0.2) is 0 Å². The summed E-state index contributed by atoms with van der Waals surface area (Å²) in [5.41, 5.74) is 10.1. The molecule has 0 bridgehead atoms. The fourth-order valence-corrected chi connectivity index (χ4v) is 2.79. The van der Waals surface area contributed by atoms with Crippen LogP contribution >= 0.6 is 0 Å². The standard InChI is InChI=1S/C22H23N3O/c1-4-5-6-16(2)26-19-10-7-17(8-11-19)14-22-24-20-12-9-18(15-23)13-21(20)25(22)3/h4-13H,1-2,14-15,23H2,3H3/b6-5-. The van der Waals surface area contributed by atoms with Crippen LogP contribution in [0.3, 0.4) is 0 Å². The number of imidazole rings is 1. The summed E-state index contributed by atoms with van der Waals surface area (Å²) in [6.45, 7) is 8.01. The Kier molecular flexibility index (Phi) is 5.34. The third-order valence-corrected chi connectivity index (χ3v) is 4.23. The van der Waals surface area contributed by atoms with Crippen LogP contribution in [-0.4, -0.2) is 9.55 Å². The summed E-state index contributed by atoms with van der Waals surface area (Å²) in [6, 6.07) is 14.1. The zero-order valence-electron chi connectivity index (χ0n) is 15.0. The minimum Gasteiger partial charge on any atom is -0.458 e. The molecule has 4 nitrogen and oxygen atoms in total. The Morgan fingerprint density at radius 1 is 1.19 bits per heavy atom. The van der Waals surface area contributed by atoms with E-state index in [-0.39, 0.29) is 0 Å². The van der Waals surface area contributed by atoms with Gasteiger partial charge in [0, 0.05) is 20.0 Å². The number of aromatic nitrogens is 2. The van der Waals surface area contributed by atoms with Crippen molar-refractivity contribution in [2.75, 3.05) is 0 Å². The zero-order valence-corrected chi connectivity index (χ0v) is 15.0. The van der Waals surface area contributed by atoms with Crippen LogP contribution in [0.2, 0.25) is 0 Å². The van der Waals surface area contributed by atoms with Crippen molar-refractivity contribution < 1.29 is 4.74 Å². The number of hydrogen-bond acceptors (Lipinski definition) is 3. The molecule has 0 amide bonds. The molecule has 4 heteroatoms. The summed E-state index contributed by atoms with van der Waals surface area (Å²) in [6.07, 6.45) is 6.00. The van der Waals surface area contributed by atoms with Gasteiger partial charge in [0.05, 0.1) is 11.0 Å². The highest BCUT2D eigenvalue weighted by Gasteiger charge is 2.09. The minimum atomic E-state index is 0.533. The second kappa shape index (κ2) is 7.85. The normalized spacial score (nSPS) is 11.2. The largest absolute Gasteiger partial charge is 0.458 e. The van der Waals surface area contributed by atoms with Crippen molar-refractivity contribution in [1.29, 1.82) is 0 Å². The van der Waals surface area contributed by atoms with Gasteiger partial charge in [-0.25, -0.2) is 4.98 Å². The average Bonchev–Trinajstić information content (AvgIpc) is 2.96. The Morgan fingerprint density at radius 3 is 2.62 bits per heavy atom. The first-order valence-corrected chi connectivity index (χ1v) is 8.50. The summed E-state index contributed by atoms with van der Waals surface area (Å²) in [7, 11) is 2.04. The topological polar surface area (TPSA) is 53.1 Å². The van der Waals surface area contributed by atoms with Crippen molar-refractivity contribution in [2.24, 2.45) is 12.8 Å². The van der Waals surface area contributed by atoms with E-state index < -0.39 is 0 Å². The fraction of sp³-hybridized carbons (Fsp3) is 0.136. The number of allylic oxidation sites excluding steroid dienone is 3. The van der Waals surface area contributed by atoms with E-state index in [4.69, 9.17) is 15.5 Å². The third-order valence-electron chi connectivity index (χ3n) is 4.23. The van der Waals surface area contributed by atoms with Gasteiger partial charge in [-0.15, -0.1) is 0 Å². The van der Waals surface area contributed by atoms with Crippen LogP contribution in [0.5, 0.6) is 5.75 Å². The Labute approximate surface area is 153 Å². The second-order valence-electron chi connectivity index (χ2n) is 6.10. The third kappa shape index (κ3) is 3.92. The minimum absolute atomic E-state index is 0.533. The van der Waals surface area contributed by atoms with E-state index in [2.05, 4.69) is 23.8 Å². The maximum Gasteiger partial charge on any atom is 0.127 e. The predicted octanol–water partition coefficient (Wildman–Crippen LogP) is 4.26. The van der Waals surface area contributed by atoms with Crippen molar-refractivity contribution in [3.05, 3.63) is 96.6 Å². The summed E-state index contributed by atoms with van der Waals surface area (Å²) in [5.74, 6) is 2.34. The van der Waals surface area contributed by atoms with Crippen LogP contribution < -0.4 is 10.5 Å². The molecule has 1 aromatic heterocycles. The van der Waals surface area contributed by atoms with Crippen molar-refractivity contribution in [1.82, 2.24) is 9.55 Å². The fourth-order valence-electron chi connectivity index (χ4n) is 2.79. The molecule has 0 saturated heterocycles. The Bertz CT molecular complexity index is 965. The lowest BCUT2D eigenvalue weighted by Gasteiger charge is -2.07. The molecule has 2 aromatic carbocycles. The summed E-state index contributed by atoms with van der Waals surface area (Å²) >= 11 is 0. The number of ether oxygens (including phenoxy) is 1. The van der Waals surface area contributed by atoms with Crippen LogP contribution in [-0.2, 0) is 20.0 Å². The number of aryl methyl sites for hydroxylation is 1. The average molecular weight is 345 g/mol. The van der Waals surface area contributed by atoms with Gasteiger partial charge in [0.1, 0.15) is 17.3 Å². The highest BCUT2D eigenvalue weighted by molar-refractivity contribution is 5.77. The number of fused-ring (bicyclic) bond motifs is 1. The van der Waals surface area contributed by atoms with Crippen molar-refractivity contribution in [2.45, 2.75) is 13.0 Å². The van der Waals surface area contributed by atoms with Crippen molar-refractivity contribution >= 4 is 11.0 Å². The summed E-state index contributed by atoms with van der Waals surface area (Å²) in [4.78, 5) is 4.75. The lowest BCUT2D eigenvalue weighted by atomic mass is 10.1. The molecule has 0 saturated carbocycles. The Morgan fingerprint density at radius 2 is 1.92 bits per heavy atom. The number of rotatable bonds is 7. The first-order valence-electron chi connectivity index (χ1n) is 8.50. The maximum absolute atomic E-state index is 5.74. The Hall–Kier alpha value is -3.11. The molecule has 0 aliphatic carbocycles. The van der Waals surface area contributed by atoms with Gasteiger partial charge in [-0.05, 0) is 41.5 Å². The zero-order chi connectivity index (χ0) is 18.5. The molecule has 3 aromatic rings. The molecule has 26 heavy (non-hydrogen) atoms. The van der Waals surface area contributed by atoms with E-state index in [1.54, 1.807) is 18.2 Å². The lowest BCUT2D eigenvalue weighted by molar-refractivity contribution is 0.447. The quantitative estimate of drug-likeness (QED) is 0.514. The molecule has 0 spiro atoms. The molecule has 0 fully saturated rings. The van der Waals surface area contributed by atoms with Gasteiger partial charge in [0.2, 0.25) is 0 Å². The molecule has 0 aliphatic rings. The predicted molar refractivity (Wildman–Crippen MR) is 107 cm³/mol. The number of nitrogens with two attached hydrogens (primary N) is 1. The molecule has 0 aliphatic heterocycles. The van der Waals surface area contributed by atoms with Gasteiger partial charge in [-0.3, -0.25) is 0 Å². The van der Waals surface area contributed by atoms with Gasteiger partial charge < -0.3 is 15.0 Å². The summed E-state index contributed by atoms with van der Waals surface area (Å²) < 4.78 is 7.78. The molecule has 0 unspecified atom stereocenters. The first-order chi connectivity index (χ1) is 12.6. The second-order valence-corrected chi connectivity index (χ2v) is 6.10. The monoisotopic (exact) mass is 345 g/mol. The molecular formula is C22H23N3O. The van der Waals surface area contributed by atoms with Crippen LogP contribution in [0.1, 0.15) is 17.0 Å². The van der Waals surface area contributed by atoms with E-state index in [0.717, 1.165) is 34.6 Å². The molecular weight excluding hydrogens is 322 g/mol. The molecule has 0 atom stereocenters. The van der Waals surface area contributed by atoms with Gasteiger partial charge in [-0.2, -0.15) is 0 Å². The SMILES string of the molecule is C=C/C=C\C(=C)Oc1ccc(Cc2nc3ccc(CN)cc3n2C)cc1. The van der Waals surface area contributed by atoms with E-state index in [0.29, 0.717) is 12.3 Å². The number of benzene rings is 2. The van der Waals surface area contributed by atoms with Gasteiger partial charge in [0.25, 0.3) is 0 Å². The Balaban J connectivity index is 1.76. The van der Waals surface area contributed by atoms with E-state index in [1.807, 2.05) is 43.4 Å². The van der Waals surface area contributed by atoms with Crippen LogP contribution in [0.15, 0.2) is 79.6 Å². The summed E-state index contributed by atoms with van der Waals surface area (Å²) in [5, 5.41) is 0. The molecule has 3 rings (SSSR count). The molecule has 0 radical (unpaired) electrons. The van der Waals surface area contributed by atoms with Crippen LogP contribution in [0.25, 0.3) is 11.0 Å². The van der Waals surface area contributed by atoms with Crippen LogP contribution in [0, 0.1) is 0 Å². The van der Waals surface area contributed by atoms with E-state index in [9.17, 15) is 0 Å². The molecule has 2 N–H and O–H groups in total. The van der Waals surface area contributed by atoms with Gasteiger partial charge >= 0.3 is 0 Å².